The third kappa shape index (κ3) is 4.07. The molecule has 2 aromatic rings. The van der Waals surface area contributed by atoms with Gasteiger partial charge in [-0.15, -0.1) is 0 Å². The molecule has 5 nitrogen and oxygen atoms in total. The lowest BCUT2D eigenvalue weighted by Crippen LogP contribution is -2.18. The summed E-state index contributed by atoms with van der Waals surface area (Å²) < 4.78 is 1.87. The number of benzene rings is 1. The molecule has 1 aliphatic rings. The van der Waals surface area contributed by atoms with Crippen LogP contribution >= 0.6 is 11.3 Å². The molecular formula is C17H22N4OS. The summed E-state index contributed by atoms with van der Waals surface area (Å²) in [6.07, 6.45) is 6.30. The van der Waals surface area contributed by atoms with Gasteiger partial charge in [0.25, 0.3) is 0 Å². The Balaban J connectivity index is 1.82. The molecule has 1 heterocycles. The molecule has 6 heteroatoms. The first-order valence-corrected chi connectivity index (χ1v) is 8.89. The van der Waals surface area contributed by atoms with Crippen LogP contribution < -0.4 is 10.1 Å². The van der Waals surface area contributed by atoms with Gasteiger partial charge in [-0.1, -0.05) is 30.6 Å². The van der Waals surface area contributed by atoms with Crippen LogP contribution in [0.4, 0.5) is 5.69 Å². The van der Waals surface area contributed by atoms with Crippen molar-refractivity contribution in [1.82, 2.24) is 9.78 Å². The molecule has 0 spiro atoms. The van der Waals surface area contributed by atoms with E-state index in [0.717, 1.165) is 21.1 Å². The second-order valence-electron chi connectivity index (χ2n) is 5.99. The molecular weight excluding hydrogens is 308 g/mol. The van der Waals surface area contributed by atoms with E-state index in [2.05, 4.69) is 10.4 Å². The molecule has 1 saturated carbocycles. The van der Waals surface area contributed by atoms with E-state index >= 15 is 0 Å². The van der Waals surface area contributed by atoms with Crippen molar-refractivity contribution in [2.45, 2.75) is 45.1 Å². The molecule has 0 saturated heterocycles. The Morgan fingerprint density at radius 2 is 1.96 bits per heavy atom. The van der Waals surface area contributed by atoms with Crippen LogP contribution in [0, 0.1) is 0 Å². The monoisotopic (exact) mass is 330 g/mol. The maximum Gasteiger partial charge on any atom is 0.221 e. The number of carbonyl (C=O) groups excluding carboxylic acids is 1. The molecule has 1 amide bonds. The van der Waals surface area contributed by atoms with Crippen molar-refractivity contribution in [3.05, 3.63) is 29.1 Å². The van der Waals surface area contributed by atoms with Crippen molar-refractivity contribution in [1.29, 1.82) is 0 Å². The van der Waals surface area contributed by atoms with E-state index < -0.39 is 0 Å². The minimum absolute atomic E-state index is 0.0630. The quantitative estimate of drug-likeness (QED) is 0.938. The number of nitrogens with zero attached hydrogens (tertiary/aromatic N) is 3. The minimum Gasteiger partial charge on any atom is -0.326 e. The van der Waals surface area contributed by atoms with Gasteiger partial charge < -0.3 is 5.32 Å². The number of amides is 1. The first-order valence-electron chi connectivity index (χ1n) is 8.08. The van der Waals surface area contributed by atoms with Crippen LogP contribution in [0.3, 0.4) is 0 Å². The molecule has 1 N–H and O–H groups in total. The Morgan fingerprint density at radius 3 is 2.61 bits per heavy atom. The maximum atomic E-state index is 11.1. The average molecular weight is 330 g/mol. The van der Waals surface area contributed by atoms with Gasteiger partial charge in [-0.2, -0.15) is 5.10 Å². The predicted molar refractivity (Wildman–Crippen MR) is 93.3 cm³/mol. The summed E-state index contributed by atoms with van der Waals surface area (Å²) in [5, 5.41) is 8.32. The molecule has 1 aromatic carbocycles. The van der Waals surface area contributed by atoms with Crippen LogP contribution in [0.25, 0.3) is 10.6 Å². The molecule has 0 aliphatic heterocycles. The highest BCUT2D eigenvalue weighted by Crippen LogP contribution is 2.23. The predicted octanol–water partition coefficient (Wildman–Crippen LogP) is 3.34. The summed E-state index contributed by atoms with van der Waals surface area (Å²) in [5.41, 5.74) is 1.85. The Kier molecular flexibility index (Phi) is 4.91. The summed E-state index contributed by atoms with van der Waals surface area (Å²) in [6.45, 7) is 1.51. The van der Waals surface area contributed by atoms with E-state index in [1.54, 1.807) is 11.3 Å². The fourth-order valence-electron chi connectivity index (χ4n) is 2.84. The highest BCUT2D eigenvalue weighted by Gasteiger charge is 2.13. The number of aryl methyl sites for hydroxylation is 1. The normalized spacial score (nSPS) is 16.5. The summed E-state index contributed by atoms with van der Waals surface area (Å²) >= 11 is 1.62. The zero-order valence-corrected chi connectivity index (χ0v) is 14.4. The minimum atomic E-state index is -0.0630. The fraction of sp³-hybridized carbons (Fsp3) is 0.471. The van der Waals surface area contributed by atoms with Crippen molar-refractivity contribution >= 4 is 22.9 Å². The third-order valence-electron chi connectivity index (χ3n) is 4.03. The first-order chi connectivity index (χ1) is 11.1. The highest BCUT2D eigenvalue weighted by atomic mass is 32.1. The number of hydrogen-bond acceptors (Lipinski definition) is 4. The van der Waals surface area contributed by atoms with Gasteiger partial charge in [-0.25, -0.2) is 4.68 Å². The van der Waals surface area contributed by atoms with Crippen LogP contribution in [-0.2, 0) is 11.8 Å². The van der Waals surface area contributed by atoms with Gasteiger partial charge in [-0.05, 0) is 37.1 Å². The molecule has 3 rings (SSSR count). The number of hydrogen-bond donors (Lipinski definition) is 1. The first kappa shape index (κ1) is 15.9. The van der Waals surface area contributed by atoms with E-state index in [4.69, 9.17) is 4.99 Å². The van der Waals surface area contributed by atoms with Crippen LogP contribution in [0.2, 0.25) is 0 Å². The molecule has 1 aromatic heterocycles. The molecule has 0 unspecified atom stereocenters. The standard InChI is InChI=1S/C17H22N4OS/c1-12(22)18-15-10-8-13(9-11-15)16-20-21(2)17(23-16)19-14-6-4-3-5-7-14/h8-11,14H,3-7H2,1-2H3,(H,18,22)/b19-17+. The van der Waals surface area contributed by atoms with Gasteiger partial charge in [0, 0.05) is 25.2 Å². The summed E-state index contributed by atoms with van der Waals surface area (Å²) in [4.78, 5) is 16.9. The Hall–Kier alpha value is -1.95. The molecule has 23 heavy (non-hydrogen) atoms. The van der Waals surface area contributed by atoms with Gasteiger partial charge in [0.05, 0.1) is 6.04 Å². The smallest absolute Gasteiger partial charge is 0.221 e. The summed E-state index contributed by atoms with van der Waals surface area (Å²) in [6, 6.07) is 8.21. The highest BCUT2D eigenvalue weighted by molar-refractivity contribution is 7.12. The van der Waals surface area contributed by atoms with Crippen LogP contribution in [0.1, 0.15) is 39.0 Å². The number of anilines is 1. The van der Waals surface area contributed by atoms with Gasteiger partial charge in [-0.3, -0.25) is 9.79 Å². The van der Waals surface area contributed by atoms with Crippen molar-refractivity contribution in [3.8, 4) is 10.6 Å². The lowest BCUT2D eigenvalue weighted by atomic mass is 9.96. The fourth-order valence-corrected chi connectivity index (χ4v) is 3.81. The Labute approximate surface area is 140 Å². The zero-order chi connectivity index (χ0) is 16.2. The van der Waals surface area contributed by atoms with E-state index in [1.165, 1.54) is 39.0 Å². The van der Waals surface area contributed by atoms with Crippen LogP contribution in [0.15, 0.2) is 29.3 Å². The molecule has 0 radical (unpaired) electrons. The van der Waals surface area contributed by atoms with E-state index in [1.807, 2.05) is 36.0 Å². The lowest BCUT2D eigenvalue weighted by Gasteiger charge is -2.16. The number of aromatic nitrogens is 2. The van der Waals surface area contributed by atoms with E-state index in [-0.39, 0.29) is 5.91 Å². The number of rotatable bonds is 3. The molecule has 122 valence electrons. The van der Waals surface area contributed by atoms with Crippen molar-refractivity contribution < 1.29 is 4.79 Å². The lowest BCUT2D eigenvalue weighted by molar-refractivity contribution is -0.114. The molecule has 1 fully saturated rings. The molecule has 1 aliphatic carbocycles. The molecule has 0 atom stereocenters. The maximum absolute atomic E-state index is 11.1. The van der Waals surface area contributed by atoms with Gasteiger partial charge in [0.1, 0.15) is 5.01 Å². The van der Waals surface area contributed by atoms with Crippen molar-refractivity contribution in [2.75, 3.05) is 5.32 Å². The van der Waals surface area contributed by atoms with E-state index in [9.17, 15) is 4.79 Å². The summed E-state index contributed by atoms with van der Waals surface area (Å²) in [7, 11) is 1.95. The van der Waals surface area contributed by atoms with Gasteiger partial charge in [0.2, 0.25) is 10.7 Å². The summed E-state index contributed by atoms with van der Waals surface area (Å²) in [5.74, 6) is -0.0630. The average Bonchev–Trinajstić information content (AvgIpc) is 2.89. The Morgan fingerprint density at radius 1 is 1.26 bits per heavy atom. The van der Waals surface area contributed by atoms with Crippen molar-refractivity contribution in [3.63, 3.8) is 0 Å². The van der Waals surface area contributed by atoms with Crippen molar-refractivity contribution in [2.24, 2.45) is 12.0 Å². The number of nitrogens with one attached hydrogen (secondary N) is 1. The third-order valence-corrected chi connectivity index (χ3v) is 5.09. The Bertz CT molecular complexity index is 739. The van der Waals surface area contributed by atoms with E-state index in [0.29, 0.717) is 6.04 Å². The second kappa shape index (κ2) is 7.08. The van der Waals surface area contributed by atoms with Crippen LogP contribution in [-0.4, -0.2) is 21.7 Å². The van der Waals surface area contributed by atoms with Gasteiger partial charge in [0.15, 0.2) is 0 Å². The SMILES string of the molecule is CC(=O)Nc1ccc(-c2nn(C)/c(=N\C3CCCCC3)s2)cc1. The number of carbonyl (C=O) groups is 1. The van der Waals surface area contributed by atoms with Crippen LogP contribution in [0.5, 0.6) is 0 Å². The molecule has 0 bridgehead atoms. The van der Waals surface area contributed by atoms with Gasteiger partial charge >= 0.3 is 0 Å². The zero-order valence-electron chi connectivity index (χ0n) is 13.6. The topological polar surface area (TPSA) is 59.3 Å². The largest absolute Gasteiger partial charge is 0.326 e. The second-order valence-corrected chi connectivity index (χ2v) is 6.95.